The SMILES string of the molecule is CC1(C)c2ccccc2-c2ccc(-n3c4ccccc4c4cc(-c5ccc6c(c5)c5ccccc5n6-c5ccc6oc7ccccc7c6c5)ccc43)cc21.c1ccc(-n2c3ccccc3c3cc(-c4ccc5c(c4)c4ccccc4n5-c4ccc5cc(-c6cccc7c6oc6ccccc67)ccc5c4)ccc32)cc1. The lowest BCUT2D eigenvalue weighted by Crippen LogP contribution is -2.15. The molecule has 0 aliphatic heterocycles. The van der Waals surface area contributed by atoms with Crippen LogP contribution in [-0.4, -0.2) is 18.3 Å². The van der Waals surface area contributed by atoms with Crippen LogP contribution in [0.25, 0.3) is 209 Å². The van der Waals surface area contributed by atoms with Crippen molar-refractivity contribution in [3.63, 3.8) is 0 Å². The molecule has 6 heterocycles. The lowest BCUT2D eigenvalue weighted by atomic mass is 9.82. The number of furan rings is 2. The molecule has 6 nitrogen and oxygen atoms in total. The second-order valence-electron chi connectivity index (χ2n) is 29.9. The fourth-order valence-electron chi connectivity index (χ4n) is 18.5. The summed E-state index contributed by atoms with van der Waals surface area (Å²) in [6.07, 6.45) is 0. The van der Waals surface area contributed by atoms with Crippen LogP contribution in [0.3, 0.4) is 0 Å². The number of rotatable bonds is 7. The molecule has 0 spiro atoms. The Morgan fingerprint density at radius 1 is 0.202 bits per heavy atom. The minimum atomic E-state index is -0.0595. The molecule has 24 rings (SSSR count). The van der Waals surface area contributed by atoms with E-state index in [0.29, 0.717) is 0 Å². The van der Waals surface area contributed by atoms with E-state index in [1.54, 1.807) is 0 Å². The number of aromatic nitrogens is 4. The maximum Gasteiger partial charge on any atom is 0.143 e. The van der Waals surface area contributed by atoms with Crippen molar-refractivity contribution < 1.29 is 8.83 Å². The zero-order valence-corrected chi connectivity index (χ0v) is 59.7. The fraction of sp³-hybridized carbons (Fsp3) is 0.0291. The van der Waals surface area contributed by atoms with Crippen molar-refractivity contribution in [1.29, 1.82) is 0 Å². The number of benzene rings is 17. The van der Waals surface area contributed by atoms with E-state index in [1.165, 1.54) is 154 Å². The molecule has 0 fully saturated rings. The zero-order valence-electron chi connectivity index (χ0n) is 59.7. The van der Waals surface area contributed by atoms with Crippen LogP contribution in [0.4, 0.5) is 0 Å². The van der Waals surface area contributed by atoms with Gasteiger partial charge >= 0.3 is 0 Å². The molecule has 1 aliphatic carbocycles. The predicted molar refractivity (Wildman–Crippen MR) is 456 cm³/mol. The van der Waals surface area contributed by atoms with Gasteiger partial charge in [-0.15, -0.1) is 0 Å². The molecule has 109 heavy (non-hydrogen) atoms. The third-order valence-electron chi connectivity index (χ3n) is 23.6. The van der Waals surface area contributed by atoms with Crippen molar-refractivity contribution in [2.24, 2.45) is 0 Å². The topological polar surface area (TPSA) is 46.0 Å². The Labute approximate surface area is 626 Å². The molecule has 1 aliphatic rings. The molecule has 6 heteroatoms. The van der Waals surface area contributed by atoms with Gasteiger partial charge in [-0.05, 0) is 206 Å². The Balaban J connectivity index is 0.000000131. The summed E-state index contributed by atoms with van der Waals surface area (Å²) in [6, 6.07) is 133. The van der Waals surface area contributed by atoms with Gasteiger partial charge in [-0.25, -0.2) is 0 Å². The first-order valence-electron chi connectivity index (χ1n) is 37.6. The standard InChI is InChI=1S/C52H32N2O.C51H34N2O/c1-2-11-38(12-3-1)53-47-18-7-4-13-41(47)45-31-35(24-27-49(45)53)36-25-28-50-46(32-36)42-14-5-8-19-48(42)54(50)39-26-23-33-29-37(22-21-34(33)30-39)40-16-10-17-44-43-15-6-9-20-51(43)55-52(40)44;1-51(2)43-15-7-3-11-35(43)36-23-21-34(30-44(36)51)53-46-17-9-5-13-38(46)41-28-32(20-25-48(41)53)31-19-24-47-40(27-31)37-12-4-8-16-45(37)52(47)33-22-26-50-42(29-33)39-14-6-10-18-49(39)54-50/h1-32H;3-30H,1-2H3. The van der Waals surface area contributed by atoms with Gasteiger partial charge in [-0.3, -0.25) is 0 Å². The van der Waals surface area contributed by atoms with Crippen LogP contribution in [0.1, 0.15) is 25.0 Å². The van der Waals surface area contributed by atoms with E-state index in [4.69, 9.17) is 8.83 Å². The summed E-state index contributed by atoms with van der Waals surface area (Å²) in [5, 5.41) is 17.0. The third-order valence-corrected chi connectivity index (χ3v) is 23.6. The number of para-hydroxylation sites is 8. The van der Waals surface area contributed by atoms with Crippen LogP contribution in [0.15, 0.2) is 373 Å². The monoisotopic (exact) mass is 1390 g/mol. The second kappa shape index (κ2) is 23.4. The molecule has 0 saturated carbocycles. The first-order chi connectivity index (χ1) is 53.8. The molecule has 0 saturated heterocycles. The predicted octanol–water partition coefficient (Wildman–Crippen LogP) is 28.0. The molecule has 0 bridgehead atoms. The molecule has 6 aromatic heterocycles. The van der Waals surface area contributed by atoms with Crippen LogP contribution < -0.4 is 0 Å². The molecular formula is C103H66N4O2. The number of hydrogen-bond acceptors (Lipinski definition) is 2. The Kier molecular flexibility index (Phi) is 13.1. The second-order valence-corrected chi connectivity index (χ2v) is 29.9. The van der Waals surface area contributed by atoms with Crippen molar-refractivity contribution in [2.45, 2.75) is 19.3 Å². The average Bonchev–Trinajstić information content (AvgIpc) is 1.61. The summed E-state index contributed by atoms with van der Waals surface area (Å²) in [5.41, 5.74) is 30.5. The Morgan fingerprint density at radius 2 is 0.578 bits per heavy atom. The first-order valence-corrected chi connectivity index (χ1v) is 37.6. The molecular weight excluding hydrogens is 1330 g/mol. The molecule has 0 N–H and O–H groups in total. The minimum absolute atomic E-state index is 0.0595. The van der Waals surface area contributed by atoms with Crippen molar-refractivity contribution in [1.82, 2.24) is 18.3 Å². The third kappa shape index (κ3) is 9.22. The molecule has 17 aromatic carbocycles. The number of fused-ring (bicyclic) bond motifs is 22. The van der Waals surface area contributed by atoms with Gasteiger partial charge in [0.15, 0.2) is 0 Å². The van der Waals surface area contributed by atoms with Crippen LogP contribution in [0.5, 0.6) is 0 Å². The summed E-state index contributed by atoms with van der Waals surface area (Å²) in [5.74, 6) is 0. The highest BCUT2D eigenvalue weighted by Gasteiger charge is 2.36. The van der Waals surface area contributed by atoms with Crippen LogP contribution in [-0.2, 0) is 5.41 Å². The van der Waals surface area contributed by atoms with E-state index in [1.807, 2.05) is 24.3 Å². The minimum Gasteiger partial charge on any atom is -0.456 e. The van der Waals surface area contributed by atoms with E-state index in [0.717, 1.165) is 66.4 Å². The van der Waals surface area contributed by atoms with Gasteiger partial charge in [0.05, 0.1) is 44.1 Å². The van der Waals surface area contributed by atoms with Crippen LogP contribution in [0.2, 0.25) is 0 Å². The fourth-order valence-corrected chi connectivity index (χ4v) is 18.5. The summed E-state index contributed by atoms with van der Waals surface area (Å²) in [6.45, 7) is 4.71. The lowest BCUT2D eigenvalue weighted by molar-refractivity contribution is 0.660. The Morgan fingerprint density at radius 3 is 1.15 bits per heavy atom. The molecule has 23 aromatic rings. The maximum absolute atomic E-state index is 6.39. The summed E-state index contributed by atoms with van der Waals surface area (Å²) < 4.78 is 22.2. The van der Waals surface area contributed by atoms with Crippen molar-refractivity contribution in [2.75, 3.05) is 0 Å². The zero-order chi connectivity index (χ0) is 71.7. The molecule has 510 valence electrons. The molecule has 0 unspecified atom stereocenters. The van der Waals surface area contributed by atoms with E-state index in [-0.39, 0.29) is 5.41 Å². The highest BCUT2D eigenvalue weighted by molar-refractivity contribution is 6.17. The molecule has 0 radical (unpaired) electrons. The smallest absolute Gasteiger partial charge is 0.143 e. The van der Waals surface area contributed by atoms with Gasteiger partial charge in [0, 0.05) is 98.4 Å². The summed E-state index contributed by atoms with van der Waals surface area (Å²) in [4.78, 5) is 0. The van der Waals surface area contributed by atoms with Crippen LogP contribution in [0, 0.1) is 0 Å². The van der Waals surface area contributed by atoms with Gasteiger partial charge in [-0.1, -0.05) is 232 Å². The van der Waals surface area contributed by atoms with Gasteiger partial charge in [0.25, 0.3) is 0 Å². The highest BCUT2D eigenvalue weighted by atomic mass is 16.3. The van der Waals surface area contributed by atoms with E-state index in [9.17, 15) is 0 Å². The van der Waals surface area contributed by atoms with Crippen molar-refractivity contribution >= 4 is 142 Å². The van der Waals surface area contributed by atoms with E-state index >= 15 is 0 Å². The van der Waals surface area contributed by atoms with Gasteiger partial charge in [0.2, 0.25) is 0 Å². The largest absolute Gasteiger partial charge is 0.456 e. The Hall–Kier alpha value is -14.2. The van der Waals surface area contributed by atoms with Crippen LogP contribution >= 0.6 is 0 Å². The van der Waals surface area contributed by atoms with Gasteiger partial charge < -0.3 is 27.1 Å². The van der Waals surface area contributed by atoms with E-state index < -0.39 is 0 Å². The summed E-state index contributed by atoms with van der Waals surface area (Å²) >= 11 is 0. The first kappa shape index (κ1) is 61.1. The van der Waals surface area contributed by atoms with Gasteiger partial charge in [0.1, 0.15) is 22.3 Å². The highest BCUT2D eigenvalue weighted by Crippen LogP contribution is 2.51. The lowest BCUT2D eigenvalue weighted by Gasteiger charge is -2.22. The quantitative estimate of drug-likeness (QED) is 0.160. The van der Waals surface area contributed by atoms with E-state index in [2.05, 4.69) is 372 Å². The average molecular weight is 1390 g/mol. The maximum atomic E-state index is 6.39. The number of hydrogen-bond donors (Lipinski definition) is 0. The number of nitrogens with zero attached hydrogens (tertiary/aromatic N) is 4. The summed E-state index contributed by atoms with van der Waals surface area (Å²) in [7, 11) is 0. The van der Waals surface area contributed by atoms with Crippen molar-refractivity contribution in [3.05, 3.63) is 375 Å². The Bertz CT molecular complexity index is 7780. The van der Waals surface area contributed by atoms with Gasteiger partial charge in [-0.2, -0.15) is 0 Å². The molecule has 0 atom stereocenters. The normalized spacial score (nSPS) is 12.8. The van der Waals surface area contributed by atoms with Crippen molar-refractivity contribution in [3.8, 4) is 67.3 Å². The molecule has 0 amide bonds.